The van der Waals surface area contributed by atoms with Crippen LogP contribution >= 0.6 is 11.8 Å². The molecule has 1 aliphatic heterocycles. The lowest BCUT2D eigenvalue weighted by Gasteiger charge is -2.32. The Bertz CT molecular complexity index is 158. The van der Waals surface area contributed by atoms with Crippen LogP contribution in [0.4, 0.5) is 0 Å². The van der Waals surface area contributed by atoms with Crippen molar-refractivity contribution in [3.63, 3.8) is 0 Å². The van der Waals surface area contributed by atoms with E-state index < -0.39 is 0 Å². The van der Waals surface area contributed by atoms with Crippen LogP contribution in [0.15, 0.2) is 0 Å². The second-order valence-electron chi connectivity index (χ2n) is 4.60. The van der Waals surface area contributed by atoms with Crippen molar-refractivity contribution in [2.75, 3.05) is 32.1 Å². The van der Waals surface area contributed by atoms with E-state index in [-0.39, 0.29) is 0 Å². The molecular weight excluding hydrogens is 204 g/mol. The quantitative estimate of drug-likeness (QED) is 0.753. The van der Waals surface area contributed by atoms with Crippen molar-refractivity contribution >= 4 is 11.8 Å². The molecule has 0 bridgehead atoms. The highest BCUT2D eigenvalue weighted by Crippen LogP contribution is 2.12. The van der Waals surface area contributed by atoms with Crippen LogP contribution in [0.5, 0.6) is 0 Å². The minimum absolute atomic E-state index is 0.736. The summed E-state index contributed by atoms with van der Waals surface area (Å²) >= 11 is 1.96. The van der Waals surface area contributed by atoms with Crippen LogP contribution < -0.4 is 5.32 Å². The molecule has 0 spiro atoms. The summed E-state index contributed by atoms with van der Waals surface area (Å²) in [6.07, 6.45) is 7.60. The van der Waals surface area contributed by atoms with Gasteiger partial charge in [0.1, 0.15) is 0 Å². The third-order valence-corrected chi connectivity index (χ3v) is 4.09. The maximum Gasteiger partial charge on any atom is 0.0195 e. The first-order valence-corrected chi connectivity index (χ1v) is 7.59. The Morgan fingerprint density at radius 1 is 1.47 bits per heavy atom. The molecular formula is C12H26N2S. The van der Waals surface area contributed by atoms with Crippen molar-refractivity contribution in [1.82, 2.24) is 10.2 Å². The lowest BCUT2D eigenvalue weighted by atomic mass is 10.0. The molecule has 0 amide bonds. The molecule has 1 aliphatic rings. The fourth-order valence-electron chi connectivity index (χ4n) is 2.33. The Kier molecular flexibility index (Phi) is 6.69. The standard InChI is InChI=1S/C12H26N2S/c1-4-12(10-15-3)14(2)9-11-7-5-6-8-13-11/h11-13H,4-10H2,1-3H3. The topological polar surface area (TPSA) is 15.3 Å². The van der Waals surface area contributed by atoms with Gasteiger partial charge in [-0.1, -0.05) is 13.3 Å². The minimum atomic E-state index is 0.736. The third kappa shape index (κ3) is 4.75. The average Bonchev–Trinajstić information content (AvgIpc) is 2.27. The zero-order valence-corrected chi connectivity index (χ0v) is 11.3. The van der Waals surface area contributed by atoms with E-state index in [1.807, 2.05) is 11.8 Å². The SMILES string of the molecule is CCC(CSC)N(C)CC1CCCCN1. The molecule has 1 fully saturated rings. The zero-order chi connectivity index (χ0) is 11.1. The second kappa shape index (κ2) is 7.53. The first kappa shape index (κ1) is 13.3. The molecule has 1 rings (SSSR count). The molecule has 2 atom stereocenters. The van der Waals surface area contributed by atoms with Gasteiger partial charge in [0.25, 0.3) is 0 Å². The van der Waals surface area contributed by atoms with Crippen LogP contribution in [0.25, 0.3) is 0 Å². The van der Waals surface area contributed by atoms with E-state index in [1.165, 1.54) is 44.5 Å². The van der Waals surface area contributed by atoms with Crippen LogP contribution in [0.2, 0.25) is 0 Å². The Balaban J connectivity index is 2.27. The maximum absolute atomic E-state index is 3.62. The number of hydrogen-bond donors (Lipinski definition) is 1. The number of thioether (sulfide) groups is 1. The normalized spacial score (nSPS) is 24.4. The predicted octanol–water partition coefficient (Wildman–Crippen LogP) is 2.20. The summed E-state index contributed by atoms with van der Waals surface area (Å²) in [5.74, 6) is 1.26. The zero-order valence-electron chi connectivity index (χ0n) is 10.5. The van der Waals surface area contributed by atoms with Crippen LogP contribution in [-0.2, 0) is 0 Å². The molecule has 0 aromatic heterocycles. The number of nitrogens with zero attached hydrogens (tertiary/aromatic N) is 1. The van der Waals surface area contributed by atoms with E-state index in [4.69, 9.17) is 0 Å². The molecule has 0 aliphatic carbocycles. The van der Waals surface area contributed by atoms with Crippen molar-refractivity contribution in [2.24, 2.45) is 0 Å². The summed E-state index contributed by atoms with van der Waals surface area (Å²) in [6, 6.07) is 1.49. The first-order valence-electron chi connectivity index (χ1n) is 6.20. The predicted molar refractivity (Wildman–Crippen MR) is 70.7 cm³/mol. The molecule has 1 saturated heterocycles. The van der Waals surface area contributed by atoms with Gasteiger partial charge in [-0.25, -0.2) is 0 Å². The smallest absolute Gasteiger partial charge is 0.0195 e. The lowest BCUT2D eigenvalue weighted by Crippen LogP contribution is -2.46. The Hall–Kier alpha value is 0.270. The summed E-state index contributed by atoms with van der Waals surface area (Å²) in [5.41, 5.74) is 0. The Labute approximate surface area is 99.2 Å². The van der Waals surface area contributed by atoms with E-state index in [9.17, 15) is 0 Å². The van der Waals surface area contributed by atoms with Crippen molar-refractivity contribution < 1.29 is 0 Å². The van der Waals surface area contributed by atoms with E-state index in [0.717, 1.165) is 12.1 Å². The fourth-order valence-corrected chi connectivity index (χ4v) is 3.20. The van der Waals surface area contributed by atoms with Crippen molar-refractivity contribution in [1.29, 1.82) is 0 Å². The summed E-state index contributed by atoms with van der Waals surface area (Å²) in [7, 11) is 2.28. The van der Waals surface area contributed by atoms with Crippen LogP contribution in [0.1, 0.15) is 32.6 Å². The summed E-state index contributed by atoms with van der Waals surface area (Å²) in [4.78, 5) is 2.54. The molecule has 3 heteroatoms. The highest BCUT2D eigenvalue weighted by molar-refractivity contribution is 7.98. The van der Waals surface area contributed by atoms with Gasteiger partial charge >= 0.3 is 0 Å². The van der Waals surface area contributed by atoms with Gasteiger partial charge in [0.15, 0.2) is 0 Å². The van der Waals surface area contributed by atoms with Gasteiger partial charge in [0.05, 0.1) is 0 Å². The molecule has 0 aromatic carbocycles. The highest BCUT2D eigenvalue weighted by atomic mass is 32.2. The van der Waals surface area contributed by atoms with Gasteiger partial charge in [-0.15, -0.1) is 0 Å². The van der Waals surface area contributed by atoms with E-state index in [1.54, 1.807) is 0 Å². The molecule has 90 valence electrons. The summed E-state index contributed by atoms with van der Waals surface area (Å²) in [5, 5.41) is 3.62. The third-order valence-electron chi connectivity index (χ3n) is 3.37. The number of likely N-dealkylation sites (N-methyl/N-ethyl adjacent to an activating group) is 1. The number of rotatable bonds is 6. The van der Waals surface area contributed by atoms with Crippen molar-refractivity contribution in [2.45, 2.75) is 44.7 Å². The van der Waals surface area contributed by atoms with Crippen LogP contribution in [-0.4, -0.2) is 49.1 Å². The van der Waals surface area contributed by atoms with Crippen molar-refractivity contribution in [3.05, 3.63) is 0 Å². The van der Waals surface area contributed by atoms with Gasteiger partial charge in [-0.05, 0) is 39.1 Å². The molecule has 2 unspecified atom stereocenters. The first-order chi connectivity index (χ1) is 7.27. The Morgan fingerprint density at radius 3 is 2.80 bits per heavy atom. The molecule has 15 heavy (non-hydrogen) atoms. The summed E-state index contributed by atoms with van der Waals surface area (Å²) < 4.78 is 0. The Morgan fingerprint density at radius 2 is 2.27 bits per heavy atom. The fraction of sp³-hybridized carbons (Fsp3) is 1.00. The second-order valence-corrected chi connectivity index (χ2v) is 5.51. The molecule has 0 aromatic rings. The van der Waals surface area contributed by atoms with Gasteiger partial charge in [0.2, 0.25) is 0 Å². The number of piperidine rings is 1. The van der Waals surface area contributed by atoms with E-state index in [0.29, 0.717) is 0 Å². The number of nitrogens with one attached hydrogen (secondary N) is 1. The van der Waals surface area contributed by atoms with Crippen molar-refractivity contribution in [3.8, 4) is 0 Å². The van der Waals surface area contributed by atoms with E-state index in [2.05, 4.69) is 30.4 Å². The van der Waals surface area contributed by atoms with Gasteiger partial charge in [0, 0.05) is 24.4 Å². The van der Waals surface area contributed by atoms with Crippen LogP contribution in [0.3, 0.4) is 0 Å². The molecule has 1 heterocycles. The molecule has 1 N–H and O–H groups in total. The highest BCUT2D eigenvalue weighted by Gasteiger charge is 2.18. The van der Waals surface area contributed by atoms with Gasteiger partial charge in [-0.3, -0.25) is 0 Å². The molecule has 0 radical (unpaired) electrons. The minimum Gasteiger partial charge on any atom is -0.313 e. The van der Waals surface area contributed by atoms with Crippen LogP contribution in [0, 0.1) is 0 Å². The maximum atomic E-state index is 3.62. The number of hydrogen-bond acceptors (Lipinski definition) is 3. The average molecular weight is 230 g/mol. The van der Waals surface area contributed by atoms with Gasteiger partial charge in [-0.2, -0.15) is 11.8 Å². The summed E-state index contributed by atoms with van der Waals surface area (Å²) in [6.45, 7) is 4.74. The molecule has 2 nitrogen and oxygen atoms in total. The molecule has 0 saturated carbocycles. The monoisotopic (exact) mass is 230 g/mol. The largest absolute Gasteiger partial charge is 0.313 e. The lowest BCUT2D eigenvalue weighted by molar-refractivity contribution is 0.212. The van der Waals surface area contributed by atoms with E-state index >= 15 is 0 Å². The van der Waals surface area contributed by atoms with Gasteiger partial charge < -0.3 is 10.2 Å².